The lowest BCUT2D eigenvalue weighted by Gasteiger charge is -2.11. The summed E-state index contributed by atoms with van der Waals surface area (Å²) in [6.45, 7) is 0. The molecule has 96 valence electrons. The van der Waals surface area contributed by atoms with Crippen molar-refractivity contribution in [3.63, 3.8) is 0 Å². The smallest absolute Gasteiger partial charge is 0.253 e. The summed E-state index contributed by atoms with van der Waals surface area (Å²) < 4.78 is 0. The van der Waals surface area contributed by atoms with Crippen molar-refractivity contribution in [2.24, 2.45) is 11.0 Å². The highest BCUT2D eigenvalue weighted by atomic mass is 16.2. The van der Waals surface area contributed by atoms with Crippen LogP contribution in [0.1, 0.15) is 37.7 Å². The number of amides is 1. The molecule has 1 amide bonds. The normalized spacial score (nSPS) is 19.6. The van der Waals surface area contributed by atoms with Gasteiger partial charge in [-0.15, -0.1) is 0 Å². The molecule has 0 bridgehead atoms. The first-order chi connectivity index (χ1) is 9.28. The van der Waals surface area contributed by atoms with Crippen molar-refractivity contribution in [3.8, 4) is 6.07 Å². The topological polar surface area (TPSA) is 56.5 Å². The van der Waals surface area contributed by atoms with Crippen LogP contribution in [-0.2, 0) is 4.79 Å². The molecule has 1 aliphatic heterocycles. The van der Waals surface area contributed by atoms with E-state index in [4.69, 9.17) is 5.26 Å². The number of rotatable bonds is 2. The van der Waals surface area contributed by atoms with Crippen LogP contribution in [0.2, 0.25) is 0 Å². The molecule has 0 spiro atoms. The minimum Gasteiger partial charge on any atom is -0.272 e. The predicted molar refractivity (Wildman–Crippen MR) is 72.7 cm³/mol. The van der Waals surface area contributed by atoms with Crippen LogP contribution >= 0.6 is 0 Å². The molecule has 1 fully saturated rings. The van der Waals surface area contributed by atoms with Crippen LogP contribution in [0.4, 0.5) is 5.69 Å². The molecule has 1 aromatic carbocycles. The Labute approximate surface area is 112 Å². The molecule has 4 nitrogen and oxygen atoms in total. The molecule has 0 aromatic heterocycles. The first-order valence-corrected chi connectivity index (χ1v) is 6.68. The van der Waals surface area contributed by atoms with Crippen LogP contribution in [0.15, 0.2) is 29.4 Å². The van der Waals surface area contributed by atoms with Gasteiger partial charge < -0.3 is 0 Å². The van der Waals surface area contributed by atoms with Crippen LogP contribution in [0.25, 0.3) is 0 Å². The highest BCUT2D eigenvalue weighted by molar-refractivity contribution is 6.13. The monoisotopic (exact) mass is 253 g/mol. The summed E-state index contributed by atoms with van der Waals surface area (Å²) in [6, 6.07) is 9.05. The fourth-order valence-electron chi connectivity index (χ4n) is 2.81. The zero-order valence-electron chi connectivity index (χ0n) is 10.7. The number of nitrogens with zero attached hydrogens (tertiary/aromatic N) is 3. The molecule has 3 rings (SSSR count). The molecule has 0 unspecified atom stereocenters. The number of benzene rings is 1. The number of nitriles is 1. The fraction of sp³-hybridized carbons (Fsp3) is 0.400. The van der Waals surface area contributed by atoms with Gasteiger partial charge in [-0.1, -0.05) is 12.8 Å². The van der Waals surface area contributed by atoms with E-state index in [0.29, 0.717) is 17.9 Å². The zero-order chi connectivity index (χ0) is 13.2. The molecule has 1 saturated carbocycles. The molecule has 4 heteroatoms. The third-order valence-electron chi connectivity index (χ3n) is 3.86. The Hall–Kier alpha value is -2.15. The van der Waals surface area contributed by atoms with E-state index in [9.17, 15) is 4.79 Å². The van der Waals surface area contributed by atoms with Gasteiger partial charge in [0.1, 0.15) is 0 Å². The SMILES string of the molecule is N#Cc1ccc(N2N=C(C3CCCC3)CC2=O)cc1. The third-order valence-corrected chi connectivity index (χ3v) is 3.86. The fourth-order valence-corrected chi connectivity index (χ4v) is 2.81. The van der Waals surface area contributed by atoms with E-state index >= 15 is 0 Å². The Kier molecular flexibility index (Phi) is 3.04. The van der Waals surface area contributed by atoms with Gasteiger partial charge in [0.05, 0.1) is 29.5 Å². The molecular formula is C15H15N3O. The van der Waals surface area contributed by atoms with Crippen LogP contribution in [-0.4, -0.2) is 11.6 Å². The van der Waals surface area contributed by atoms with Gasteiger partial charge in [-0.05, 0) is 43.0 Å². The Morgan fingerprint density at radius 2 is 1.89 bits per heavy atom. The molecule has 0 saturated heterocycles. The second-order valence-corrected chi connectivity index (χ2v) is 5.11. The van der Waals surface area contributed by atoms with Gasteiger partial charge in [0, 0.05) is 0 Å². The quantitative estimate of drug-likeness (QED) is 0.813. The first kappa shape index (κ1) is 11.9. The van der Waals surface area contributed by atoms with Crippen molar-refractivity contribution in [2.75, 3.05) is 5.01 Å². The highest BCUT2D eigenvalue weighted by Crippen LogP contribution is 2.31. The van der Waals surface area contributed by atoms with Crippen molar-refractivity contribution < 1.29 is 4.79 Å². The number of hydrogen-bond acceptors (Lipinski definition) is 3. The van der Waals surface area contributed by atoms with Gasteiger partial charge in [0.2, 0.25) is 0 Å². The van der Waals surface area contributed by atoms with E-state index in [-0.39, 0.29) is 5.91 Å². The summed E-state index contributed by atoms with van der Waals surface area (Å²) in [5.74, 6) is 0.527. The summed E-state index contributed by atoms with van der Waals surface area (Å²) in [5, 5.41) is 14.7. The Bertz CT molecular complexity index is 562. The Morgan fingerprint density at radius 3 is 2.53 bits per heavy atom. The molecular weight excluding hydrogens is 238 g/mol. The summed E-state index contributed by atoms with van der Waals surface area (Å²) in [7, 11) is 0. The molecule has 1 aromatic rings. The maximum Gasteiger partial charge on any atom is 0.253 e. The van der Waals surface area contributed by atoms with Crippen LogP contribution in [0, 0.1) is 17.2 Å². The van der Waals surface area contributed by atoms with E-state index in [1.807, 2.05) is 0 Å². The molecule has 1 heterocycles. The average molecular weight is 253 g/mol. The maximum absolute atomic E-state index is 12.0. The van der Waals surface area contributed by atoms with E-state index in [2.05, 4.69) is 11.2 Å². The molecule has 1 aliphatic carbocycles. The van der Waals surface area contributed by atoms with Crippen molar-refractivity contribution in [1.82, 2.24) is 0 Å². The predicted octanol–water partition coefficient (Wildman–Crippen LogP) is 2.84. The Morgan fingerprint density at radius 1 is 1.21 bits per heavy atom. The maximum atomic E-state index is 12.0. The van der Waals surface area contributed by atoms with Gasteiger partial charge >= 0.3 is 0 Å². The lowest BCUT2D eigenvalue weighted by Crippen LogP contribution is -2.19. The Balaban J connectivity index is 1.83. The number of carbonyl (C=O) groups excluding carboxylic acids is 1. The number of hydrogen-bond donors (Lipinski definition) is 0. The van der Waals surface area contributed by atoms with E-state index in [0.717, 1.165) is 24.2 Å². The summed E-state index contributed by atoms with van der Waals surface area (Å²) >= 11 is 0. The van der Waals surface area contributed by atoms with Gasteiger partial charge in [0.25, 0.3) is 5.91 Å². The lowest BCUT2D eigenvalue weighted by atomic mass is 10.00. The minimum atomic E-state index is 0.0339. The third kappa shape index (κ3) is 2.24. The number of anilines is 1. The second-order valence-electron chi connectivity index (χ2n) is 5.11. The van der Waals surface area contributed by atoms with E-state index in [1.165, 1.54) is 17.9 Å². The minimum absolute atomic E-state index is 0.0339. The van der Waals surface area contributed by atoms with Crippen molar-refractivity contribution in [3.05, 3.63) is 29.8 Å². The molecule has 0 radical (unpaired) electrons. The van der Waals surface area contributed by atoms with E-state index < -0.39 is 0 Å². The summed E-state index contributed by atoms with van der Waals surface area (Å²) in [4.78, 5) is 12.0. The molecule has 2 aliphatic rings. The summed E-state index contributed by atoms with van der Waals surface area (Å²) in [6.07, 6.45) is 5.26. The van der Waals surface area contributed by atoms with Crippen molar-refractivity contribution in [2.45, 2.75) is 32.1 Å². The van der Waals surface area contributed by atoms with Crippen molar-refractivity contribution >= 4 is 17.3 Å². The standard InChI is InChI=1S/C15H15N3O/c16-10-11-5-7-13(8-6-11)18-15(19)9-14(17-18)12-3-1-2-4-12/h5-8,12H,1-4,9H2. The highest BCUT2D eigenvalue weighted by Gasteiger charge is 2.31. The largest absolute Gasteiger partial charge is 0.272 e. The second kappa shape index (κ2) is 4.85. The lowest BCUT2D eigenvalue weighted by molar-refractivity contribution is -0.116. The van der Waals surface area contributed by atoms with Gasteiger partial charge in [0.15, 0.2) is 0 Å². The average Bonchev–Trinajstić information content (AvgIpc) is 3.08. The van der Waals surface area contributed by atoms with Crippen LogP contribution < -0.4 is 5.01 Å². The van der Waals surface area contributed by atoms with Crippen molar-refractivity contribution in [1.29, 1.82) is 5.26 Å². The van der Waals surface area contributed by atoms with Gasteiger partial charge in [-0.25, -0.2) is 5.01 Å². The van der Waals surface area contributed by atoms with Crippen LogP contribution in [0.5, 0.6) is 0 Å². The molecule has 0 N–H and O–H groups in total. The van der Waals surface area contributed by atoms with Gasteiger partial charge in [-0.3, -0.25) is 4.79 Å². The van der Waals surface area contributed by atoms with Crippen LogP contribution in [0.3, 0.4) is 0 Å². The number of carbonyl (C=O) groups is 1. The summed E-state index contributed by atoms with van der Waals surface area (Å²) in [5.41, 5.74) is 2.37. The first-order valence-electron chi connectivity index (χ1n) is 6.68. The number of hydrazone groups is 1. The zero-order valence-corrected chi connectivity index (χ0v) is 10.7. The van der Waals surface area contributed by atoms with E-state index in [1.54, 1.807) is 24.3 Å². The molecule has 19 heavy (non-hydrogen) atoms. The van der Waals surface area contributed by atoms with Gasteiger partial charge in [-0.2, -0.15) is 10.4 Å². The molecule has 0 atom stereocenters.